The summed E-state index contributed by atoms with van der Waals surface area (Å²) in [6.07, 6.45) is 2.61. The second-order valence-electron chi connectivity index (χ2n) is 4.42. The summed E-state index contributed by atoms with van der Waals surface area (Å²) in [4.78, 5) is 0. The molecule has 1 aromatic carbocycles. The Morgan fingerprint density at radius 3 is 2.88 bits per heavy atom. The predicted molar refractivity (Wildman–Crippen MR) is 68.0 cm³/mol. The number of hydrogen-bond donors (Lipinski definition) is 1. The molecule has 3 nitrogen and oxygen atoms in total. The molecule has 2 unspecified atom stereocenters. The lowest BCUT2D eigenvalue weighted by Gasteiger charge is -2.18. The molecule has 17 heavy (non-hydrogen) atoms. The van der Waals surface area contributed by atoms with Crippen molar-refractivity contribution in [2.45, 2.75) is 25.0 Å². The number of benzene rings is 1. The molecule has 1 heterocycles. The average molecular weight is 235 g/mol. The van der Waals surface area contributed by atoms with Gasteiger partial charge >= 0.3 is 0 Å². The van der Waals surface area contributed by atoms with Crippen LogP contribution in [0.4, 0.5) is 0 Å². The molecule has 94 valence electrons. The van der Waals surface area contributed by atoms with E-state index in [0.717, 1.165) is 13.0 Å². The van der Waals surface area contributed by atoms with Gasteiger partial charge in [-0.1, -0.05) is 30.3 Å². The van der Waals surface area contributed by atoms with E-state index >= 15 is 0 Å². The number of hydrogen-bond acceptors (Lipinski definition) is 3. The molecule has 2 rings (SSSR count). The van der Waals surface area contributed by atoms with Gasteiger partial charge in [-0.2, -0.15) is 0 Å². The van der Waals surface area contributed by atoms with E-state index in [0.29, 0.717) is 19.3 Å². The maximum Gasteiger partial charge on any atom is 0.0809 e. The molecule has 0 aliphatic carbocycles. The van der Waals surface area contributed by atoms with Crippen LogP contribution >= 0.6 is 0 Å². The summed E-state index contributed by atoms with van der Waals surface area (Å²) in [7, 11) is 1.97. The first-order chi connectivity index (χ1) is 8.40. The first-order valence-corrected chi connectivity index (χ1v) is 6.31. The first kappa shape index (κ1) is 12.6. The number of likely N-dealkylation sites (N-methyl/N-ethyl adjacent to an activating group) is 1. The quantitative estimate of drug-likeness (QED) is 0.819. The van der Waals surface area contributed by atoms with Crippen LogP contribution in [0, 0.1) is 0 Å². The van der Waals surface area contributed by atoms with Crippen LogP contribution in [0.2, 0.25) is 0 Å². The highest BCUT2D eigenvalue weighted by Crippen LogP contribution is 2.15. The molecule has 2 atom stereocenters. The highest BCUT2D eigenvalue weighted by atomic mass is 16.5. The zero-order valence-corrected chi connectivity index (χ0v) is 10.4. The van der Waals surface area contributed by atoms with Gasteiger partial charge in [0, 0.05) is 6.61 Å². The fourth-order valence-corrected chi connectivity index (χ4v) is 2.12. The molecule has 0 aromatic heterocycles. The number of nitrogens with one attached hydrogen (secondary N) is 1. The molecule has 0 radical (unpaired) electrons. The molecule has 1 N–H and O–H groups in total. The normalized spacial score (nSPS) is 21.6. The lowest BCUT2D eigenvalue weighted by atomic mass is 10.1. The standard InChI is InChI=1S/C14H21NO2/c1-15-14(12-6-3-2-4-7-12)11-16-10-13-8-5-9-17-13/h2-4,6-7,13-15H,5,8-11H2,1H3. The van der Waals surface area contributed by atoms with Crippen molar-refractivity contribution in [3.8, 4) is 0 Å². The van der Waals surface area contributed by atoms with Gasteiger partial charge in [0.05, 0.1) is 25.4 Å². The molecule has 0 amide bonds. The van der Waals surface area contributed by atoms with Crippen molar-refractivity contribution in [2.24, 2.45) is 0 Å². The summed E-state index contributed by atoms with van der Waals surface area (Å²) in [6.45, 7) is 2.30. The van der Waals surface area contributed by atoms with Gasteiger partial charge in [0.15, 0.2) is 0 Å². The van der Waals surface area contributed by atoms with Gasteiger partial charge in [-0.05, 0) is 25.5 Å². The van der Waals surface area contributed by atoms with Crippen molar-refractivity contribution >= 4 is 0 Å². The summed E-state index contributed by atoms with van der Waals surface area (Å²) in [6, 6.07) is 10.6. The highest BCUT2D eigenvalue weighted by molar-refractivity contribution is 5.18. The van der Waals surface area contributed by atoms with Crippen LogP contribution in [-0.4, -0.2) is 33.0 Å². The van der Waals surface area contributed by atoms with Gasteiger partial charge in [-0.25, -0.2) is 0 Å². The van der Waals surface area contributed by atoms with E-state index in [1.165, 1.54) is 12.0 Å². The fraction of sp³-hybridized carbons (Fsp3) is 0.571. The number of ether oxygens (including phenoxy) is 2. The SMILES string of the molecule is CNC(COCC1CCCO1)c1ccccc1. The highest BCUT2D eigenvalue weighted by Gasteiger charge is 2.16. The maximum absolute atomic E-state index is 5.74. The van der Waals surface area contributed by atoms with E-state index in [2.05, 4.69) is 29.6 Å². The van der Waals surface area contributed by atoms with Gasteiger partial charge in [0.1, 0.15) is 0 Å². The van der Waals surface area contributed by atoms with Crippen molar-refractivity contribution in [1.29, 1.82) is 0 Å². The third-order valence-corrected chi connectivity index (χ3v) is 3.16. The van der Waals surface area contributed by atoms with E-state index in [4.69, 9.17) is 9.47 Å². The molecule has 1 fully saturated rings. The largest absolute Gasteiger partial charge is 0.377 e. The van der Waals surface area contributed by atoms with E-state index in [-0.39, 0.29) is 6.04 Å². The topological polar surface area (TPSA) is 30.5 Å². The van der Waals surface area contributed by atoms with Crippen LogP contribution in [0.3, 0.4) is 0 Å². The van der Waals surface area contributed by atoms with Crippen molar-refractivity contribution in [1.82, 2.24) is 5.32 Å². The minimum absolute atomic E-state index is 0.262. The van der Waals surface area contributed by atoms with E-state index < -0.39 is 0 Å². The zero-order valence-electron chi connectivity index (χ0n) is 10.4. The van der Waals surface area contributed by atoms with Crippen LogP contribution in [0.1, 0.15) is 24.4 Å². The lowest BCUT2D eigenvalue weighted by molar-refractivity contribution is 0.0105. The Morgan fingerprint density at radius 1 is 1.41 bits per heavy atom. The molecule has 0 spiro atoms. The second kappa shape index (κ2) is 6.74. The van der Waals surface area contributed by atoms with Crippen LogP contribution < -0.4 is 5.32 Å². The predicted octanol–water partition coefficient (Wildman–Crippen LogP) is 2.14. The van der Waals surface area contributed by atoms with Gasteiger partial charge in [0.25, 0.3) is 0 Å². The molecule has 1 aliphatic heterocycles. The lowest BCUT2D eigenvalue weighted by Crippen LogP contribution is -2.24. The number of rotatable bonds is 6. The van der Waals surface area contributed by atoms with Crippen LogP contribution in [0.5, 0.6) is 0 Å². The molecular formula is C14H21NO2. The molecule has 1 aromatic rings. The Balaban J connectivity index is 1.75. The van der Waals surface area contributed by atoms with Crippen LogP contribution in [-0.2, 0) is 9.47 Å². The maximum atomic E-state index is 5.74. The Hall–Kier alpha value is -0.900. The smallest absolute Gasteiger partial charge is 0.0809 e. The Kier molecular flexibility index (Phi) is 4.98. The second-order valence-corrected chi connectivity index (χ2v) is 4.42. The third kappa shape index (κ3) is 3.80. The molecule has 0 bridgehead atoms. The van der Waals surface area contributed by atoms with Crippen LogP contribution in [0.25, 0.3) is 0 Å². The summed E-state index contributed by atoms with van der Waals surface area (Å²) in [5, 5.41) is 3.28. The molecular weight excluding hydrogens is 214 g/mol. The minimum atomic E-state index is 0.262. The van der Waals surface area contributed by atoms with Gasteiger partial charge < -0.3 is 14.8 Å². The van der Waals surface area contributed by atoms with Gasteiger partial charge in [-0.15, -0.1) is 0 Å². The Morgan fingerprint density at radius 2 is 2.24 bits per heavy atom. The molecule has 3 heteroatoms. The Labute approximate surface area is 103 Å². The Bertz CT molecular complexity index is 309. The first-order valence-electron chi connectivity index (χ1n) is 6.31. The van der Waals surface area contributed by atoms with E-state index in [1.807, 2.05) is 13.1 Å². The molecule has 0 saturated carbocycles. The summed E-state index contributed by atoms with van der Waals surface area (Å²) in [5.41, 5.74) is 1.27. The van der Waals surface area contributed by atoms with Crippen molar-refractivity contribution in [3.05, 3.63) is 35.9 Å². The van der Waals surface area contributed by atoms with Crippen molar-refractivity contribution in [3.63, 3.8) is 0 Å². The third-order valence-electron chi connectivity index (χ3n) is 3.16. The van der Waals surface area contributed by atoms with Crippen molar-refractivity contribution < 1.29 is 9.47 Å². The summed E-state index contributed by atoms with van der Waals surface area (Å²) in [5.74, 6) is 0. The minimum Gasteiger partial charge on any atom is -0.377 e. The van der Waals surface area contributed by atoms with Gasteiger partial charge in [0.2, 0.25) is 0 Å². The fourth-order valence-electron chi connectivity index (χ4n) is 2.12. The zero-order chi connectivity index (χ0) is 11.9. The average Bonchev–Trinajstić information content (AvgIpc) is 2.89. The summed E-state index contributed by atoms with van der Waals surface area (Å²) < 4.78 is 11.3. The monoisotopic (exact) mass is 235 g/mol. The van der Waals surface area contributed by atoms with Gasteiger partial charge in [-0.3, -0.25) is 0 Å². The van der Waals surface area contributed by atoms with Crippen LogP contribution in [0.15, 0.2) is 30.3 Å². The summed E-state index contributed by atoms with van der Waals surface area (Å²) >= 11 is 0. The van der Waals surface area contributed by atoms with E-state index in [9.17, 15) is 0 Å². The van der Waals surface area contributed by atoms with E-state index in [1.54, 1.807) is 0 Å². The van der Waals surface area contributed by atoms with Crippen molar-refractivity contribution in [2.75, 3.05) is 26.9 Å². The molecule has 1 saturated heterocycles. The molecule has 1 aliphatic rings.